The van der Waals surface area contributed by atoms with Gasteiger partial charge in [0, 0.05) is 18.3 Å². The molecule has 1 N–H and O–H groups in total. The summed E-state index contributed by atoms with van der Waals surface area (Å²) in [4.78, 5) is 15.6. The van der Waals surface area contributed by atoms with E-state index in [0.717, 1.165) is 24.5 Å². The molecule has 0 fully saturated rings. The lowest BCUT2D eigenvalue weighted by Crippen LogP contribution is -2.22. The van der Waals surface area contributed by atoms with Crippen molar-refractivity contribution < 1.29 is 9.53 Å². The molecular weight excluding hydrogens is 236 g/mol. The van der Waals surface area contributed by atoms with Crippen LogP contribution in [0.4, 0.5) is 0 Å². The zero-order chi connectivity index (χ0) is 12.7. The van der Waals surface area contributed by atoms with Crippen LogP contribution in [-0.4, -0.2) is 30.6 Å². The molecule has 0 radical (unpaired) electrons. The van der Waals surface area contributed by atoms with Gasteiger partial charge in [-0.15, -0.1) is 11.3 Å². The Balaban J connectivity index is 2.33. The van der Waals surface area contributed by atoms with Crippen LogP contribution in [0.5, 0.6) is 0 Å². The summed E-state index contributed by atoms with van der Waals surface area (Å²) in [6, 6.07) is 0. The molecule has 5 heteroatoms. The minimum atomic E-state index is -0.329. The molecule has 0 amide bonds. The third kappa shape index (κ3) is 5.28. The van der Waals surface area contributed by atoms with Gasteiger partial charge in [0.1, 0.15) is 0 Å². The third-order valence-corrected chi connectivity index (χ3v) is 3.01. The molecule has 17 heavy (non-hydrogen) atoms. The number of thiazole rings is 1. The van der Waals surface area contributed by atoms with Crippen molar-refractivity contribution in [3.8, 4) is 0 Å². The van der Waals surface area contributed by atoms with Crippen LogP contribution in [0.25, 0.3) is 0 Å². The van der Waals surface area contributed by atoms with Crippen LogP contribution in [0.2, 0.25) is 0 Å². The van der Waals surface area contributed by atoms with Gasteiger partial charge in [0.25, 0.3) is 0 Å². The van der Waals surface area contributed by atoms with Crippen molar-refractivity contribution in [2.45, 2.75) is 27.2 Å². The van der Waals surface area contributed by atoms with E-state index in [1.165, 1.54) is 11.3 Å². The molecule has 4 nitrogen and oxygen atoms in total. The highest BCUT2D eigenvalue weighted by atomic mass is 32.1. The molecule has 0 aliphatic rings. The first-order valence-corrected chi connectivity index (χ1v) is 6.83. The second kappa shape index (κ2) is 7.40. The molecule has 96 valence electrons. The number of carbonyl (C=O) groups is 1. The first-order valence-electron chi connectivity index (χ1n) is 5.95. The second-order valence-electron chi connectivity index (χ2n) is 4.19. The minimum Gasteiger partial charge on any atom is -0.461 e. The molecular formula is C12H20N2O2S. The number of ether oxygens (including phenoxy) is 1. The molecule has 1 aromatic rings. The van der Waals surface area contributed by atoms with Gasteiger partial charge in [-0.2, -0.15) is 0 Å². The monoisotopic (exact) mass is 256 g/mol. The number of nitrogens with zero attached hydrogens (tertiary/aromatic N) is 1. The zero-order valence-electron chi connectivity index (χ0n) is 10.7. The number of aromatic nitrogens is 1. The maximum atomic E-state index is 11.4. The fraction of sp³-hybridized carbons (Fsp3) is 0.667. The zero-order valence-corrected chi connectivity index (χ0v) is 11.5. The van der Waals surface area contributed by atoms with E-state index in [9.17, 15) is 4.79 Å². The molecule has 1 rings (SSSR count). The van der Waals surface area contributed by atoms with Crippen molar-refractivity contribution in [3.63, 3.8) is 0 Å². The fourth-order valence-corrected chi connectivity index (χ4v) is 2.08. The molecule has 1 aromatic heterocycles. The highest BCUT2D eigenvalue weighted by Crippen LogP contribution is 2.11. The van der Waals surface area contributed by atoms with Gasteiger partial charge in [-0.1, -0.05) is 13.8 Å². The van der Waals surface area contributed by atoms with E-state index in [-0.39, 0.29) is 5.97 Å². The molecule has 0 unspecified atom stereocenters. The SMILES string of the molecule is CCOC(=O)c1csc(CCNCC(C)C)n1. The Morgan fingerprint density at radius 2 is 2.35 bits per heavy atom. The van der Waals surface area contributed by atoms with Crippen LogP contribution in [-0.2, 0) is 11.2 Å². The molecule has 0 bridgehead atoms. The molecule has 1 heterocycles. The van der Waals surface area contributed by atoms with Crippen molar-refractivity contribution in [2.75, 3.05) is 19.7 Å². The summed E-state index contributed by atoms with van der Waals surface area (Å²) < 4.78 is 4.89. The van der Waals surface area contributed by atoms with Crippen molar-refractivity contribution in [1.82, 2.24) is 10.3 Å². The Labute approximate surface area is 106 Å². The lowest BCUT2D eigenvalue weighted by Gasteiger charge is -2.05. The van der Waals surface area contributed by atoms with Gasteiger partial charge >= 0.3 is 5.97 Å². The van der Waals surface area contributed by atoms with Crippen molar-refractivity contribution >= 4 is 17.3 Å². The maximum absolute atomic E-state index is 11.4. The van der Waals surface area contributed by atoms with Crippen molar-refractivity contribution in [3.05, 3.63) is 16.1 Å². The number of nitrogens with one attached hydrogen (secondary N) is 1. The Kier molecular flexibility index (Phi) is 6.15. The highest BCUT2D eigenvalue weighted by molar-refractivity contribution is 7.09. The minimum absolute atomic E-state index is 0.329. The Morgan fingerprint density at radius 3 is 3.00 bits per heavy atom. The van der Waals surface area contributed by atoms with E-state index in [1.54, 1.807) is 12.3 Å². The first kappa shape index (κ1) is 14.1. The van der Waals surface area contributed by atoms with E-state index in [4.69, 9.17) is 4.74 Å². The van der Waals surface area contributed by atoms with Crippen molar-refractivity contribution in [1.29, 1.82) is 0 Å². The van der Waals surface area contributed by atoms with Gasteiger partial charge in [0.15, 0.2) is 5.69 Å². The summed E-state index contributed by atoms with van der Waals surface area (Å²) >= 11 is 1.51. The fourth-order valence-electron chi connectivity index (χ4n) is 1.31. The Bertz CT molecular complexity index is 350. The average molecular weight is 256 g/mol. The standard InChI is InChI=1S/C12H20N2O2S/c1-4-16-12(15)10-8-17-11(14-10)5-6-13-7-9(2)3/h8-9,13H,4-7H2,1-3H3. The largest absolute Gasteiger partial charge is 0.461 e. The molecule has 0 aliphatic heterocycles. The van der Waals surface area contributed by atoms with Gasteiger partial charge in [-0.05, 0) is 19.4 Å². The maximum Gasteiger partial charge on any atom is 0.357 e. The average Bonchev–Trinajstić information content (AvgIpc) is 2.73. The molecule has 0 saturated heterocycles. The van der Waals surface area contributed by atoms with E-state index >= 15 is 0 Å². The van der Waals surface area contributed by atoms with Crippen molar-refractivity contribution in [2.24, 2.45) is 5.92 Å². The van der Waals surface area contributed by atoms with Gasteiger partial charge in [0.2, 0.25) is 0 Å². The molecule has 0 aromatic carbocycles. The number of esters is 1. The van der Waals surface area contributed by atoms with Crippen LogP contribution < -0.4 is 5.32 Å². The normalized spacial score (nSPS) is 10.8. The van der Waals surface area contributed by atoms with E-state index < -0.39 is 0 Å². The molecule has 0 saturated carbocycles. The number of hydrogen-bond donors (Lipinski definition) is 1. The van der Waals surface area contributed by atoms with Crippen LogP contribution in [0.1, 0.15) is 36.3 Å². The molecule has 0 spiro atoms. The first-order chi connectivity index (χ1) is 8.13. The second-order valence-corrected chi connectivity index (χ2v) is 5.14. The number of carbonyl (C=O) groups excluding carboxylic acids is 1. The summed E-state index contributed by atoms with van der Waals surface area (Å²) in [6.07, 6.45) is 0.858. The van der Waals surface area contributed by atoms with Crippen LogP contribution in [0.15, 0.2) is 5.38 Å². The molecule has 0 atom stereocenters. The summed E-state index contributed by atoms with van der Waals surface area (Å²) in [5.74, 6) is 0.325. The van der Waals surface area contributed by atoms with Gasteiger partial charge in [-0.25, -0.2) is 9.78 Å². The summed E-state index contributed by atoms with van der Waals surface area (Å²) in [7, 11) is 0. The predicted octanol–water partition coefficient (Wildman–Crippen LogP) is 2.11. The van der Waals surface area contributed by atoms with Crippen LogP contribution in [0.3, 0.4) is 0 Å². The van der Waals surface area contributed by atoms with E-state index in [2.05, 4.69) is 24.1 Å². The van der Waals surface area contributed by atoms with E-state index in [0.29, 0.717) is 18.2 Å². The topological polar surface area (TPSA) is 51.2 Å². The number of hydrogen-bond acceptors (Lipinski definition) is 5. The smallest absolute Gasteiger partial charge is 0.357 e. The summed E-state index contributed by atoms with van der Waals surface area (Å²) in [6.45, 7) is 8.44. The third-order valence-electron chi connectivity index (χ3n) is 2.10. The Morgan fingerprint density at radius 1 is 1.59 bits per heavy atom. The Hall–Kier alpha value is -0.940. The van der Waals surface area contributed by atoms with Gasteiger partial charge in [0.05, 0.1) is 11.6 Å². The van der Waals surface area contributed by atoms with Crippen LogP contribution in [0, 0.1) is 5.92 Å². The van der Waals surface area contributed by atoms with Gasteiger partial charge in [-0.3, -0.25) is 0 Å². The summed E-state index contributed by atoms with van der Waals surface area (Å²) in [5.41, 5.74) is 0.427. The van der Waals surface area contributed by atoms with Crippen LogP contribution >= 0.6 is 11.3 Å². The highest BCUT2D eigenvalue weighted by Gasteiger charge is 2.10. The lowest BCUT2D eigenvalue weighted by molar-refractivity contribution is 0.0520. The summed E-state index contributed by atoms with van der Waals surface area (Å²) in [5, 5.41) is 6.08. The van der Waals surface area contributed by atoms with E-state index in [1.807, 2.05) is 0 Å². The number of rotatable bonds is 7. The lowest BCUT2D eigenvalue weighted by atomic mass is 10.2. The predicted molar refractivity (Wildman–Crippen MR) is 69.5 cm³/mol. The molecule has 0 aliphatic carbocycles. The van der Waals surface area contributed by atoms with Gasteiger partial charge < -0.3 is 10.1 Å². The quantitative estimate of drug-likeness (QED) is 0.599.